The number of ether oxygens (including phenoxy) is 1. The summed E-state index contributed by atoms with van der Waals surface area (Å²) in [5, 5.41) is 17.3. The minimum Gasteiger partial charge on any atom is -0.480 e. The Morgan fingerprint density at radius 1 is 0.868 bits per heavy atom. The van der Waals surface area contributed by atoms with Crippen molar-refractivity contribution in [2.45, 2.75) is 78.1 Å². The molecule has 0 aliphatic carbocycles. The van der Waals surface area contributed by atoms with Crippen molar-refractivity contribution in [2.75, 3.05) is 6.54 Å². The molecule has 212 valence electrons. The summed E-state index contributed by atoms with van der Waals surface area (Å²) in [4.78, 5) is 54.1. The summed E-state index contributed by atoms with van der Waals surface area (Å²) in [5.74, 6) is -2.43. The van der Waals surface area contributed by atoms with E-state index in [-0.39, 0.29) is 43.8 Å². The summed E-state index contributed by atoms with van der Waals surface area (Å²) in [6.45, 7) is 7.81. The number of rotatable bonds is 16. The summed E-state index contributed by atoms with van der Waals surface area (Å²) < 4.78 is 5.25. The van der Waals surface area contributed by atoms with Gasteiger partial charge in [0.05, 0.1) is 0 Å². The van der Waals surface area contributed by atoms with Gasteiger partial charge in [-0.05, 0) is 43.1 Å². The maximum atomic E-state index is 13.2. The molecule has 38 heavy (non-hydrogen) atoms. The van der Waals surface area contributed by atoms with Gasteiger partial charge in [-0.3, -0.25) is 14.6 Å². The second kappa shape index (κ2) is 16.8. The molecule has 0 spiro atoms. The molecule has 1 aromatic rings. The van der Waals surface area contributed by atoms with Gasteiger partial charge in [0.1, 0.15) is 24.7 Å². The average molecular weight is 535 g/mol. The summed E-state index contributed by atoms with van der Waals surface area (Å²) in [7, 11) is 0. The standard InChI is InChI=1S/C26H42N6O6/c1-16(2)13-20(22(33)30-19(24(35)36)11-8-12-29-25(27)28)31-23(34)21(14-17(3)4)32-26(37)38-15-18-9-6-5-7-10-18/h5-7,9-10,16-17,19-21H,8,11-15H2,1-4H3,(H,30,33)(H,31,34)(H,32,37)(H,35,36)(H4,27,28,29)/t19-,20-,21-/m0/s1. The van der Waals surface area contributed by atoms with E-state index in [4.69, 9.17) is 16.2 Å². The Morgan fingerprint density at radius 2 is 1.39 bits per heavy atom. The van der Waals surface area contributed by atoms with Gasteiger partial charge in [0.25, 0.3) is 0 Å². The molecule has 1 aromatic carbocycles. The van der Waals surface area contributed by atoms with Crippen molar-refractivity contribution in [3.05, 3.63) is 35.9 Å². The van der Waals surface area contributed by atoms with Crippen molar-refractivity contribution < 1.29 is 29.0 Å². The number of carboxylic acid groups (broad SMARTS) is 1. The number of hydrogen-bond acceptors (Lipinski definition) is 6. The Bertz CT molecular complexity index is 933. The largest absolute Gasteiger partial charge is 0.480 e. The fourth-order valence-electron chi connectivity index (χ4n) is 3.62. The van der Waals surface area contributed by atoms with Gasteiger partial charge >= 0.3 is 12.1 Å². The first-order chi connectivity index (χ1) is 17.9. The molecule has 0 unspecified atom stereocenters. The molecular formula is C26H42N6O6. The van der Waals surface area contributed by atoms with Crippen LogP contribution >= 0.6 is 0 Å². The molecular weight excluding hydrogens is 492 g/mol. The fraction of sp³-hybridized carbons (Fsp3) is 0.577. The van der Waals surface area contributed by atoms with Crippen molar-refractivity contribution in [1.29, 1.82) is 0 Å². The van der Waals surface area contributed by atoms with Crippen LogP contribution in [0.15, 0.2) is 35.3 Å². The first kappa shape index (κ1) is 32.2. The predicted molar refractivity (Wildman–Crippen MR) is 144 cm³/mol. The highest BCUT2D eigenvalue weighted by molar-refractivity contribution is 5.92. The van der Waals surface area contributed by atoms with Gasteiger partial charge in [0.15, 0.2) is 5.96 Å². The molecule has 0 aromatic heterocycles. The maximum absolute atomic E-state index is 13.2. The third-order valence-electron chi connectivity index (χ3n) is 5.43. The lowest BCUT2D eigenvalue weighted by atomic mass is 9.99. The van der Waals surface area contributed by atoms with Crippen LogP contribution in [0.5, 0.6) is 0 Å². The second-order valence-electron chi connectivity index (χ2n) is 9.93. The van der Waals surface area contributed by atoms with Crippen LogP contribution in [-0.2, 0) is 25.7 Å². The Balaban J connectivity index is 2.86. The fourth-order valence-corrected chi connectivity index (χ4v) is 3.62. The second-order valence-corrected chi connectivity index (χ2v) is 9.93. The monoisotopic (exact) mass is 534 g/mol. The van der Waals surface area contributed by atoms with Crippen LogP contribution in [-0.4, -0.2) is 59.6 Å². The lowest BCUT2D eigenvalue weighted by Gasteiger charge is -2.26. The van der Waals surface area contributed by atoms with Crippen LogP contribution in [0.25, 0.3) is 0 Å². The molecule has 0 aliphatic rings. The van der Waals surface area contributed by atoms with Crippen LogP contribution in [0.3, 0.4) is 0 Å². The number of hydrogen-bond donors (Lipinski definition) is 6. The van der Waals surface area contributed by atoms with Crippen LogP contribution in [0.2, 0.25) is 0 Å². The number of carbonyl (C=O) groups is 4. The Morgan fingerprint density at radius 3 is 1.89 bits per heavy atom. The minimum atomic E-state index is -1.21. The zero-order valence-electron chi connectivity index (χ0n) is 22.6. The zero-order chi connectivity index (χ0) is 28.7. The van der Waals surface area contributed by atoms with Crippen LogP contribution in [0, 0.1) is 11.8 Å². The minimum absolute atomic E-state index is 0.0172. The smallest absolute Gasteiger partial charge is 0.408 e. The SMILES string of the molecule is CC(C)C[C@H](NC(=O)OCc1ccccc1)C(=O)N[C@@H](CC(C)C)C(=O)N[C@@H](CCCN=C(N)N)C(=O)O. The van der Waals surface area contributed by atoms with E-state index in [9.17, 15) is 24.3 Å². The summed E-state index contributed by atoms with van der Waals surface area (Å²) in [6.07, 6.45) is 0.258. The first-order valence-electron chi connectivity index (χ1n) is 12.7. The molecule has 0 fully saturated rings. The van der Waals surface area contributed by atoms with E-state index in [1.807, 2.05) is 58.0 Å². The number of alkyl carbamates (subject to hydrolysis) is 1. The molecule has 0 heterocycles. The van der Waals surface area contributed by atoms with Crippen molar-refractivity contribution in [2.24, 2.45) is 28.3 Å². The highest BCUT2D eigenvalue weighted by Crippen LogP contribution is 2.11. The molecule has 3 atom stereocenters. The van der Waals surface area contributed by atoms with Crippen molar-refractivity contribution in [3.8, 4) is 0 Å². The number of aliphatic carboxylic acids is 1. The number of carboxylic acids is 1. The molecule has 12 heteroatoms. The summed E-state index contributed by atoms with van der Waals surface area (Å²) in [5.41, 5.74) is 11.4. The van der Waals surface area contributed by atoms with Crippen molar-refractivity contribution in [3.63, 3.8) is 0 Å². The molecule has 1 rings (SSSR count). The van der Waals surface area contributed by atoms with E-state index in [0.717, 1.165) is 5.56 Å². The van der Waals surface area contributed by atoms with Crippen LogP contribution in [0.4, 0.5) is 4.79 Å². The average Bonchev–Trinajstić information content (AvgIpc) is 2.83. The van der Waals surface area contributed by atoms with Gasteiger partial charge < -0.3 is 37.3 Å². The molecule has 0 saturated carbocycles. The number of guanidine groups is 1. The normalized spacial score (nSPS) is 13.2. The van der Waals surface area contributed by atoms with E-state index in [0.29, 0.717) is 12.8 Å². The number of carbonyl (C=O) groups excluding carboxylic acids is 3. The van der Waals surface area contributed by atoms with E-state index < -0.39 is 42.0 Å². The summed E-state index contributed by atoms with van der Waals surface area (Å²) in [6, 6.07) is 5.99. The van der Waals surface area contributed by atoms with Gasteiger partial charge in [0.2, 0.25) is 11.8 Å². The highest BCUT2D eigenvalue weighted by Gasteiger charge is 2.30. The van der Waals surface area contributed by atoms with Gasteiger partial charge in [-0.25, -0.2) is 9.59 Å². The molecule has 0 radical (unpaired) electrons. The maximum Gasteiger partial charge on any atom is 0.408 e. The Kier molecular flexibility index (Phi) is 14.3. The van der Waals surface area contributed by atoms with Crippen molar-refractivity contribution >= 4 is 29.8 Å². The topological polar surface area (TPSA) is 198 Å². The van der Waals surface area contributed by atoms with Gasteiger partial charge in [-0.15, -0.1) is 0 Å². The highest BCUT2D eigenvalue weighted by atomic mass is 16.5. The third kappa shape index (κ3) is 13.5. The number of aliphatic imine (C=N–C) groups is 1. The summed E-state index contributed by atoms with van der Waals surface area (Å²) >= 11 is 0. The predicted octanol–water partition coefficient (Wildman–Crippen LogP) is 1.48. The lowest BCUT2D eigenvalue weighted by molar-refractivity contribution is -0.142. The van der Waals surface area contributed by atoms with Crippen LogP contribution < -0.4 is 27.4 Å². The van der Waals surface area contributed by atoms with E-state index >= 15 is 0 Å². The first-order valence-corrected chi connectivity index (χ1v) is 12.7. The van der Waals surface area contributed by atoms with Gasteiger partial charge in [-0.1, -0.05) is 58.0 Å². The van der Waals surface area contributed by atoms with Crippen molar-refractivity contribution in [1.82, 2.24) is 16.0 Å². The van der Waals surface area contributed by atoms with E-state index in [1.165, 1.54) is 0 Å². The molecule has 8 N–H and O–H groups in total. The molecule has 12 nitrogen and oxygen atoms in total. The third-order valence-corrected chi connectivity index (χ3v) is 5.43. The number of nitrogens with one attached hydrogen (secondary N) is 3. The molecule has 0 saturated heterocycles. The van der Waals surface area contributed by atoms with E-state index in [2.05, 4.69) is 20.9 Å². The van der Waals surface area contributed by atoms with Gasteiger partial charge in [0, 0.05) is 6.54 Å². The number of benzene rings is 1. The Labute approximate surface area is 224 Å². The molecule has 0 bridgehead atoms. The number of nitrogens with two attached hydrogens (primary N) is 2. The number of nitrogens with zero attached hydrogens (tertiary/aromatic N) is 1. The number of amides is 3. The Hall–Kier alpha value is -3.83. The van der Waals surface area contributed by atoms with E-state index in [1.54, 1.807) is 0 Å². The molecule has 0 aliphatic heterocycles. The lowest BCUT2D eigenvalue weighted by Crippen LogP contribution is -2.56. The van der Waals surface area contributed by atoms with Crippen LogP contribution in [0.1, 0.15) is 58.9 Å². The quantitative estimate of drug-likeness (QED) is 0.104. The van der Waals surface area contributed by atoms with Gasteiger partial charge in [-0.2, -0.15) is 0 Å². The molecule has 3 amide bonds. The zero-order valence-corrected chi connectivity index (χ0v) is 22.6.